The van der Waals surface area contributed by atoms with Gasteiger partial charge in [-0.05, 0) is 48.9 Å². The van der Waals surface area contributed by atoms with Crippen LogP contribution in [0.2, 0.25) is 0 Å². The van der Waals surface area contributed by atoms with E-state index in [0.29, 0.717) is 11.5 Å². The Kier molecular flexibility index (Phi) is 4.46. The molecule has 3 unspecified atom stereocenters. The van der Waals surface area contributed by atoms with Gasteiger partial charge in [0.25, 0.3) is 0 Å². The van der Waals surface area contributed by atoms with Gasteiger partial charge in [-0.1, -0.05) is 34.6 Å². The summed E-state index contributed by atoms with van der Waals surface area (Å²) in [7, 11) is 0. The molecule has 3 atom stereocenters. The van der Waals surface area contributed by atoms with E-state index in [1.165, 1.54) is 12.8 Å². The quantitative estimate of drug-likeness (QED) is 0.861. The van der Waals surface area contributed by atoms with Crippen LogP contribution < -0.4 is 5.32 Å². The van der Waals surface area contributed by atoms with Crippen LogP contribution in [0.15, 0.2) is 0 Å². The number of nitrogens with zero attached hydrogens (tertiary/aromatic N) is 1. The van der Waals surface area contributed by atoms with Crippen molar-refractivity contribution in [3.05, 3.63) is 0 Å². The van der Waals surface area contributed by atoms with Crippen molar-refractivity contribution >= 4 is 11.8 Å². The molecular weight excluding hydrogens is 300 g/mol. The van der Waals surface area contributed by atoms with Crippen molar-refractivity contribution in [3.8, 4) is 0 Å². The van der Waals surface area contributed by atoms with E-state index in [-0.39, 0.29) is 29.1 Å². The van der Waals surface area contributed by atoms with Crippen molar-refractivity contribution in [2.45, 2.75) is 72.8 Å². The molecule has 2 amide bonds. The molecule has 1 heterocycles. The minimum Gasteiger partial charge on any atom is -0.353 e. The average Bonchev–Trinajstić information content (AvgIpc) is 2.87. The highest BCUT2D eigenvalue weighted by Crippen LogP contribution is 2.65. The van der Waals surface area contributed by atoms with Crippen LogP contribution in [0, 0.1) is 28.6 Å². The van der Waals surface area contributed by atoms with Gasteiger partial charge < -0.3 is 10.2 Å². The van der Waals surface area contributed by atoms with Crippen LogP contribution >= 0.6 is 0 Å². The molecule has 0 spiro atoms. The molecule has 0 radical (unpaired) electrons. The molecule has 24 heavy (non-hydrogen) atoms. The summed E-state index contributed by atoms with van der Waals surface area (Å²) >= 11 is 0. The third kappa shape index (κ3) is 2.66. The van der Waals surface area contributed by atoms with Crippen molar-refractivity contribution in [2.75, 3.05) is 13.1 Å². The lowest BCUT2D eigenvalue weighted by Gasteiger charge is -2.40. The first kappa shape index (κ1) is 17.8. The number of rotatable bonds is 3. The predicted octanol–water partition coefficient (Wildman–Crippen LogP) is 3.21. The summed E-state index contributed by atoms with van der Waals surface area (Å²) in [5, 5.41) is 3.40. The molecule has 136 valence electrons. The first-order valence-corrected chi connectivity index (χ1v) is 9.76. The number of nitrogens with one attached hydrogen (secondary N) is 1. The minimum atomic E-state index is 0.0478. The van der Waals surface area contributed by atoms with Gasteiger partial charge in [0.2, 0.25) is 11.8 Å². The molecule has 4 heteroatoms. The summed E-state index contributed by atoms with van der Waals surface area (Å²) in [6.07, 6.45) is 5.30. The van der Waals surface area contributed by atoms with E-state index in [4.69, 9.17) is 0 Å². The SMILES string of the molecule is CC(C)C(=O)N1CCC(C(=O)NC2CC3CCC2(C)C3(C)C)CC1. The summed E-state index contributed by atoms with van der Waals surface area (Å²) in [5.74, 6) is 1.31. The fraction of sp³-hybridized carbons (Fsp3) is 0.900. The smallest absolute Gasteiger partial charge is 0.225 e. The number of hydrogen-bond donors (Lipinski definition) is 1. The molecular formula is C20H34N2O2. The molecule has 3 rings (SSSR count). The summed E-state index contributed by atoms with van der Waals surface area (Å²) in [6, 6.07) is 0.328. The third-order valence-corrected chi connectivity index (χ3v) is 7.78. The highest BCUT2D eigenvalue weighted by molar-refractivity contribution is 5.81. The van der Waals surface area contributed by atoms with Gasteiger partial charge in [-0.15, -0.1) is 0 Å². The molecule has 0 aromatic rings. The van der Waals surface area contributed by atoms with Crippen molar-refractivity contribution < 1.29 is 9.59 Å². The van der Waals surface area contributed by atoms with Crippen molar-refractivity contribution in [1.29, 1.82) is 0 Å². The highest BCUT2D eigenvalue weighted by Gasteiger charge is 2.61. The second-order valence-corrected chi connectivity index (χ2v) is 9.43. The van der Waals surface area contributed by atoms with Gasteiger partial charge in [-0.2, -0.15) is 0 Å². The first-order chi connectivity index (χ1) is 11.2. The van der Waals surface area contributed by atoms with Crippen LogP contribution in [-0.4, -0.2) is 35.8 Å². The van der Waals surface area contributed by atoms with E-state index in [1.807, 2.05) is 18.7 Å². The molecule has 1 saturated heterocycles. The standard InChI is InChI=1S/C20H34N2O2/c1-13(2)18(24)22-10-7-14(8-11-22)17(23)21-16-12-15-6-9-20(16,5)19(15,3)4/h13-16H,6-12H2,1-5H3,(H,21,23). The number of carbonyl (C=O) groups is 2. The van der Waals surface area contributed by atoms with Gasteiger partial charge in [0, 0.05) is 31.0 Å². The Balaban J connectivity index is 1.55. The molecule has 0 aromatic heterocycles. The fourth-order valence-corrected chi connectivity index (χ4v) is 5.44. The van der Waals surface area contributed by atoms with Gasteiger partial charge in [0.1, 0.15) is 0 Å². The van der Waals surface area contributed by atoms with Crippen molar-refractivity contribution in [2.24, 2.45) is 28.6 Å². The number of carbonyl (C=O) groups excluding carboxylic acids is 2. The van der Waals surface area contributed by atoms with E-state index < -0.39 is 0 Å². The first-order valence-electron chi connectivity index (χ1n) is 9.76. The summed E-state index contributed by atoms with van der Waals surface area (Å²) in [5.41, 5.74) is 0.569. The number of hydrogen-bond acceptors (Lipinski definition) is 2. The zero-order chi connectivity index (χ0) is 17.7. The normalized spacial score (nSPS) is 35.5. The third-order valence-electron chi connectivity index (χ3n) is 7.78. The molecule has 4 nitrogen and oxygen atoms in total. The molecule has 1 aliphatic heterocycles. The lowest BCUT2D eigenvalue weighted by molar-refractivity contribution is -0.138. The fourth-order valence-electron chi connectivity index (χ4n) is 5.44. The van der Waals surface area contributed by atoms with Crippen LogP contribution in [0.5, 0.6) is 0 Å². The predicted molar refractivity (Wildman–Crippen MR) is 95.3 cm³/mol. The van der Waals surface area contributed by atoms with Gasteiger partial charge >= 0.3 is 0 Å². The van der Waals surface area contributed by atoms with Crippen LogP contribution in [0.1, 0.15) is 66.7 Å². The monoisotopic (exact) mass is 334 g/mol. The zero-order valence-corrected chi connectivity index (χ0v) is 16.0. The largest absolute Gasteiger partial charge is 0.353 e. The van der Waals surface area contributed by atoms with E-state index in [2.05, 4.69) is 26.1 Å². The Bertz CT molecular complexity index is 520. The Morgan fingerprint density at radius 2 is 1.71 bits per heavy atom. The van der Waals surface area contributed by atoms with E-state index >= 15 is 0 Å². The average molecular weight is 335 g/mol. The van der Waals surface area contributed by atoms with Crippen molar-refractivity contribution in [1.82, 2.24) is 10.2 Å². The lowest BCUT2D eigenvalue weighted by Crippen LogP contribution is -2.50. The zero-order valence-electron chi connectivity index (χ0n) is 16.0. The maximum atomic E-state index is 12.8. The van der Waals surface area contributed by atoms with Crippen LogP contribution in [-0.2, 0) is 9.59 Å². The van der Waals surface area contributed by atoms with E-state index in [1.54, 1.807) is 0 Å². The molecule has 2 bridgehead atoms. The van der Waals surface area contributed by atoms with Gasteiger partial charge in [-0.3, -0.25) is 9.59 Å². The molecule has 3 aliphatic rings. The molecule has 2 saturated carbocycles. The summed E-state index contributed by atoms with van der Waals surface area (Å²) in [6.45, 7) is 12.5. The maximum Gasteiger partial charge on any atom is 0.225 e. The Hall–Kier alpha value is -1.06. The summed E-state index contributed by atoms with van der Waals surface area (Å²) in [4.78, 5) is 26.8. The Labute approximate surface area is 146 Å². The van der Waals surface area contributed by atoms with E-state index in [9.17, 15) is 9.59 Å². The highest BCUT2D eigenvalue weighted by atomic mass is 16.2. The molecule has 0 aromatic carbocycles. The topological polar surface area (TPSA) is 49.4 Å². The number of amides is 2. The van der Waals surface area contributed by atoms with E-state index in [0.717, 1.165) is 38.3 Å². The number of fused-ring (bicyclic) bond motifs is 2. The second kappa shape index (κ2) is 6.03. The number of likely N-dealkylation sites (tertiary alicyclic amines) is 1. The van der Waals surface area contributed by atoms with Gasteiger partial charge in [0.05, 0.1) is 0 Å². The second-order valence-electron chi connectivity index (χ2n) is 9.43. The van der Waals surface area contributed by atoms with Crippen LogP contribution in [0.3, 0.4) is 0 Å². The van der Waals surface area contributed by atoms with Gasteiger partial charge in [0.15, 0.2) is 0 Å². The molecule has 2 aliphatic carbocycles. The molecule has 1 N–H and O–H groups in total. The summed E-state index contributed by atoms with van der Waals surface area (Å²) < 4.78 is 0. The maximum absolute atomic E-state index is 12.8. The van der Waals surface area contributed by atoms with Crippen molar-refractivity contribution in [3.63, 3.8) is 0 Å². The van der Waals surface area contributed by atoms with Crippen LogP contribution in [0.25, 0.3) is 0 Å². The molecule has 3 fully saturated rings. The minimum absolute atomic E-state index is 0.0478. The lowest BCUT2D eigenvalue weighted by atomic mass is 9.69. The van der Waals surface area contributed by atoms with Crippen LogP contribution in [0.4, 0.5) is 0 Å². The Morgan fingerprint density at radius 3 is 2.17 bits per heavy atom. The Morgan fingerprint density at radius 1 is 1.08 bits per heavy atom. The van der Waals surface area contributed by atoms with Gasteiger partial charge in [-0.25, -0.2) is 0 Å². The number of piperidine rings is 1.